The number of nitrogens with zero attached hydrogens (tertiary/aromatic N) is 4. The molecular weight excluding hydrogens is 350 g/mol. The van der Waals surface area contributed by atoms with Crippen molar-refractivity contribution >= 4 is 5.91 Å². The number of benzene rings is 1. The van der Waals surface area contributed by atoms with Gasteiger partial charge >= 0.3 is 0 Å². The molecule has 1 amide bonds. The minimum Gasteiger partial charge on any atom is -0.357 e. The molecule has 0 aliphatic carbocycles. The van der Waals surface area contributed by atoms with Gasteiger partial charge in [-0.25, -0.2) is 9.97 Å². The lowest BCUT2D eigenvalue weighted by molar-refractivity contribution is 0.0777. The van der Waals surface area contributed by atoms with Gasteiger partial charge in [-0.15, -0.1) is 0 Å². The number of nitrogens with one attached hydrogen (secondary N) is 1. The third kappa shape index (κ3) is 3.55. The first-order chi connectivity index (χ1) is 13.5. The second-order valence-electron chi connectivity index (χ2n) is 7.69. The summed E-state index contributed by atoms with van der Waals surface area (Å²) in [5, 5.41) is 0. The SMILES string of the molecule is Cc1ccc(C2CN(C(=O)c3cc(-c4cncnc4)c[nH]3)CC2N(C)C)cc1. The summed E-state index contributed by atoms with van der Waals surface area (Å²) < 4.78 is 0. The number of hydrogen-bond donors (Lipinski definition) is 1. The van der Waals surface area contributed by atoms with Crippen LogP contribution in [0.4, 0.5) is 0 Å². The van der Waals surface area contributed by atoms with Crippen LogP contribution in [0, 0.1) is 6.92 Å². The fourth-order valence-corrected chi connectivity index (χ4v) is 3.92. The van der Waals surface area contributed by atoms with Gasteiger partial charge in [-0.1, -0.05) is 29.8 Å². The van der Waals surface area contributed by atoms with E-state index >= 15 is 0 Å². The average molecular weight is 375 g/mol. The first kappa shape index (κ1) is 18.4. The van der Waals surface area contributed by atoms with Crippen LogP contribution < -0.4 is 0 Å². The molecule has 1 aliphatic rings. The lowest BCUT2D eigenvalue weighted by Gasteiger charge is -2.25. The quantitative estimate of drug-likeness (QED) is 0.761. The second-order valence-corrected chi connectivity index (χ2v) is 7.69. The molecule has 2 unspecified atom stereocenters. The molecule has 0 spiro atoms. The first-order valence-corrected chi connectivity index (χ1v) is 9.49. The molecular formula is C22H25N5O. The fourth-order valence-electron chi connectivity index (χ4n) is 3.92. The van der Waals surface area contributed by atoms with E-state index in [1.165, 1.54) is 17.5 Å². The Morgan fingerprint density at radius 2 is 1.82 bits per heavy atom. The summed E-state index contributed by atoms with van der Waals surface area (Å²) >= 11 is 0. The summed E-state index contributed by atoms with van der Waals surface area (Å²) in [5.41, 5.74) is 4.94. The highest BCUT2D eigenvalue weighted by atomic mass is 16.2. The van der Waals surface area contributed by atoms with Crippen molar-refractivity contribution in [3.63, 3.8) is 0 Å². The van der Waals surface area contributed by atoms with Crippen LogP contribution in [0.25, 0.3) is 11.1 Å². The molecule has 1 fully saturated rings. The van der Waals surface area contributed by atoms with Crippen LogP contribution in [-0.4, -0.2) is 63.9 Å². The minimum absolute atomic E-state index is 0.0320. The molecule has 3 heterocycles. The predicted molar refractivity (Wildman–Crippen MR) is 109 cm³/mol. The number of aromatic nitrogens is 3. The van der Waals surface area contributed by atoms with Gasteiger partial charge in [-0.2, -0.15) is 0 Å². The largest absolute Gasteiger partial charge is 0.357 e. The molecule has 2 aromatic heterocycles. The van der Waals surface area contributed by atoms with E-state index in [-0.39, 0.29) is 5.91 Å². The maximum Gasteiger partial charge on any atom is 0.270 e. The lowest BCUT2D eigenvalue weighted by atomic mass is 9.93. The number of amides is 1. The zero-order valence-electron chi connectivity index (χ0n) is 16.5. The van der Waals surface area contributed by atoms with Gasteiger partial charge in [-0.05, 0) is 32.6 Å². The summed E-state index contributed by atoms with van der Waals surface area (Å²) in [6, 6.07) is 10.8. The number of carbonyl (C=O) groups is 1. The summed E-state index contributed by atoms with van der Waals surface area (Å²) in [6.45, 7) is 3.53. The summed E-state index contributed by atoms with van der Waals surface area (Å²) in [6.07, 6.45) is 6.83. The maximum atomic E-state index is 13.1. The van der Waals surface area contributed by atoms with E-state index < -0.39 is 0 Å². The van der Waals surface area contributed by atoms with E-state index in [1.54, 1.807) is 12.4 Å². The van der Waals surface area contributed by atoms with E-state index in [9.17, 15) is 4.79 Å². The smallest absolute Gasteiger partial charge is 0.270 e. The molecule has 6 nitrogen and oxygen atoms in total. The van der Waals surface area contributed by atoms with Crippen molar-refractivity contribution in [2.24, 2.45) is 0 Å². The fraction of sp³-hybridized carbons (Fsp3) is 0.318. The normalized spacial score (nSPS) is 19.4. The third-order valence-electron chi connectivity index (χ3n) is 5.55. The summed E-state index contributed by atoms with van der Waals surface area (Å²) in [5.74, 6) is 0.334. The Labute approximate surface area is 165 Å². The van der Waals surface area contributed by atoms with E-state index in [0.717, 1.165) is 11.1 Å². The molecule has 1 saturated heterocycles. The molecule has 0 bridgehead atoms. The van der Waals surface area contributed by atoms with Crippen LogP contribution in [0.2, 0.25) is 0 Å². The highest BCUT2D eigenvalue weighted by molar-refractivity contribution is 5.94. The molecule has 4 rings (SSSR count). The van der Waals surface area contributed by atoms with Crippen molar-refractivity contribution in [1.82, 2.24) is 24.8 Å². The zero-order chi connectivity index (χ0) is 19.7. The van der Waals surface area contributed by atoms with Crippen molar-refractivity contribution < 1.29 is 4.79 Å². The molecule has 0 saturated carbocycles. The van der Waals surface area contributed by atoms with Crippen LogP contribution in [-0.2, 0) is 0 Å². The van der Waals surface area contributed by atoms with Crippen LogP contribution in [0.5, 0.6) is 0 Å². The summed E-state index contributed by atoms with van der Waals surface area (Å²) in [4.78, 5) is 28.5. The number of likely N-dealkylation sites (tertiary alicyclic amines) is 1. The van der Waals surface area contributed by atoms with E-state index in [1.807, 2.05) is 17.2 Å². The monoisotopic (exact) mass is 375 g/mol. The first-order valence-electron chi connectivity index (χ1n) is 9.49. The summed E-state index contributed by atoms with van der Waals surface area (Å²) in [7, 11) is 4.17. The minimum atomic E-state index is 0.0320. The topological polar surface area (TPSA) is 65.1 Å². The van der Waals surface area contributed by atoms with Gasteiger partial charge in [-0.3, -0.25) is 4.79 Å². The Balaban J connectivity index is 1.55. The predicted octanol–water partition coefficient (Wildman–Crippen LogP) is 2.95. The van der Waals surface area contributed by atoms with Crippen LogP contribution >= 0.6 is 0 Å². The van der Waals surface area contributed by atoms with Gasteiger partial charge < -0.3 is 14.8 Å². The molecule has 2 atom stereocenters. The van der Waals surface area contributed by atoms with Crippen LogP contribution in [0.15, 0.2) is 55.2 Å². The Hall–Kier alpha value is -2.99. The molecule has 144 valence electrons. The van der Waals surface area contributed by atoms with Gasteiger partial charge in [0.05, 0.1) is 0 Å². The highest BCUT2D eigenvalue weighted by Crippen LogP contribution is 2.31. The molecule has 1 aliphatic heterocycles. The van der Waals surface area contributed by atoms with Crippen LogP contribution in [0.1, 0.15) is 27.5 Å². The number of aromatic amines is 1. The maximum absolute atomic E-state index is 13.1. The zero-order valence-corrected chi connectivity index (χ0v) is 16.5. The number of likely N-dealkylation sites (N-methyl/N-ethyl adjacent to an activating group) is 1. The number of hydrogen-bond acceptors (Lipinski definition) is 4. The Morgan fingerprint density at radius 1 is 1.11 bits per heavy atom. The Bertz CT molecular complexity index is 949. The van der Waals surface area contributed by atoms with Crippen molar-refractivity contribution in [2.45, 2.75) is 18.9 Å². The number of H-pyrrole nitrogens is 1. The van der Waals surface area contributed by atoms with E-state index in [4.69, 9.17) is 0 Å². The van der Waals surface area contributed by atoms with Crippen molar-refractivity contribution in [2.75, 3.05) is 27.2 Å². The van der Waals surface area contributed by atoms with Gasteiger partial charge in [0.15, 0.2) is 0 Å². The van der Waals surface area contributed by atoms with Crippen LogP contribution in [0.3, 0.4) is 0 Å². The third-order valence-corrected chi connectivity index (χ3v) is 5.55. The molecule has 3 aromatic rings. The standard InChI is InChI=1S/C22H25N5O/c1-15-4-6-16(7-5-15)19-12-27(13-21(19)26(2)3)22(28)20-8-17(11-25-20)18-9-23-14-24-10-18/h4-11,14,19,21,25H,12-13H2,1-3H3. The molecule has 0 radical (unpaired) electrons. The van der Waals surface area contributed by atoms with E-state index in [0.29, 0.717) is 30.7 Å². The van der Waals surface area contributed by atoms with Crippen molar-refractivity contribution in [3.05, 3.63) is 72.1 Å². The Morgan fingerprint density at radius 3 is 2.50 bits per heavy atom. The number of aryl methyl sites for hydroxylation is 1. The van der Waals surface area contributed by atoms with Crippen molar-refractivity contribution in [3.8, 4) is 11.1 Å². The van der Waals surface area contributed by atoms with Gasteiger partial charge in [0.25, 0.3) is 5.91 Å². The second kappa shape index (κ2) is 7.56. The number of carbonyl (C=O) groups excluding carboxylic acids is 1. The molecule has 1 aromatic carbocycles. The average Bonchev–Trinajstić information content (AvgIpc) is 3.37. The highest BCUT2D eigenvalue weighted by Gasteiger charge is 2.37. The van der Waals surface area contributed by atoms with E-state index in [2.05, 4.69) is 65.1 Å². The molecule has 28 heavy (non-hydrogen) atoms. The van der Waals surface area contributed by atoms with Gasteiger partial charge in [0.2, 0.25) is 0 Å². The Kier molecular flexibility index (Phi) is 4.96. The van der Waals surface area contributed by atoms with Gasteiger partial charge in [0.1, 0.15) is 12.0 Å². The lowest BCUT2D eigenvalue weighted by Crippen LogP contribution is -2.35. The number of rotatable bonds is 4. The van der Waals surface area contributed by atoms with Gasteiger partial charge in [0, 0.05) is 54.8 Å². The molecule has 1 N–H and O–H groups in total. The molecule has 6 heteroatoms. The van der Waals surface area contributed by atoms with Crippen molar-refractivity contribution in [1.29, 1.82) is 0 Å².